The number of rotatable bonds is 5. The molecular formula is C23H26FN3O2. The van der Waals surface area contributed by atoms with E-state index in [4.69, 9.17) is 0 Å². The lowest BCUT2D eigenvalue weighted by Crippen LogP contribution is -2.62. The number of para-hydroxylation sites is 2. The van der Waals surface area contributed by atoms with E-state index in [-0.39, 0.29) is 17.6 Å². The number of amides is 2. The summed E-state index contributed by atoms with van der Waals surface area (Å²) in [6.07, 6.45) is 2.08. The zero-order chi connectivity index (χ0) is 20.8. The predicted molar refractivity (Wildman–Crippen MR) is 111 cm³/mol. The molecule has 2 aromatic carbocycles. The van der Waals surface area contributed by atoms with E-state index >= 15 is 0 Å². The quantitative estimate of drug-likeness (QED) is 0.834. The van der Waals surface area contributed by atoms with Crippen LogP contribution in [0.2, 0.25) is 0 Å². The van der Waals surface area contributed by atoms with E-state index in [2.05, 4.69) is 10.2 Å². The smallest absolute Gasteiger partial charge is 0.250 e. The highest BCUT2D eigenvalue weighted by Crippen LogP contribution is 2.38. The molecule has 6 heteroatoms. The molecule has 0 saturated heterocycles. The Kier molecular flexibility index (Phi) is 4.90. The second-order valence-electron chi connectivity index (χ2n) is 8.41. The molecule has 1 heterocycles. The maximum absolute atomic E-state index is 13.7. The average molecular weight is 395 g/mol. The Balaban J connectivity index is 1.64. The van der Waals surface area contributed by atoms with E-state index in [1.54, 1.807) is 30.9 Å². The van der Waals surface area contributed by atoms with Crippen molar-refractivity contribution < 1.29 is 14.0 Å². The Morgan fingerprint density at radius 2 is 1.86 bits per heavy atom. The summed E-state index contributed by atoms with van der Waals surface area (Å²) < 4.78 is 13.3. The van der Waals surface area contributed by atoms with Gasteiger partial charge in [0.2, 0.25) is 11.8 Å². The molecule has 0 bridgehead atoms. The minimum atomic E-state index is -0.995. The predicted octanol–water partition coefficient (Wildman–Crippen LogP) is 3.94. The number of halogens is 1. The summed E-state index contributed by atoms with van der Waals surface area (Å²) in [6.45, 7) is 6.00. The lowest BCUT2D eigenvalue weighted by Gasteiger charge is -2.44. The van der Waals surface area contributed by atoms with Crippen LogP contribution in [0.15, 0.2) is 48.5 Å². The zero-order valence-electron chi connectivity index (χ0n) is 17.0. The first kappa shape index (κ1) is 19.6. The van der Waals surface area contributed by atoms with Gasteiger partial charge in [-0.25, -0.2) is 4.39 Å². The summed E-state index contributed by atoms with van der Waals surface area (Å²) >= 11 is 0. The fourth-order valence-corrected chi connectivity index (χ4v) is 3.96. The Morgan fingerprint density at radius 3 is 2.52 bits per heavy atom. The molecule has 1 aliphatic heterocycles. The summed E-state index contributed by atoms with van der Waals surface area (Å²) in [7, 11) is 0. The number of fused-ring (bicyclic) bond motifs is 1. The molecule has 5 nitrogen and oxygen atoms in total. The monoisotopic (exact) mass is 395 g/mol. The van der Waals surface area contributed by atoms with Crippen molar-refractivity contribution in [2.45, 2.75) is 57.8 Å². The van der Waals surface area contributed by atoms with Crippen molar-refractivity contribution in [1.82, 2.24) is 4.90 Å². The largest absolute Gasteiger partial charge is 0.322 e. The van der Waals surface area contributed by atoms with Crippen molar-refractivity contribution >= 4 is 23.2 Å². The molecule has 4 rings (SSSR count). The van der Waals surface area contributed by atoms with Gasteiger partial charge in [-0.05, 0) is 63.4 Å². The number of benzene rings is 2. The minimum Gasteiger partial charge on any atom is -0.322 e. The third-order valence-electron chi connectivity index (χ3n) is 5.88. The molecule has 1 N–H and O–H groups in total. The molecule has 2 aromatic rings. The number of anilines is 2. The Morgan fingerprint density at radius 1 is 1.21 bits per heavy atom. The molecule has 2 aliphatic rings. The molecule has 29 heavy (non-hydrogen) atoms. The number of hydrogen-bond donors (Lipinski definition) is 1. The number of carbonyl (C=O) groups is 2. The molecular weight excluding hydrogens is 369 g/mol. The van der Waals surface area contributed by atoms with Crippen LogP contribution >= 0.6 is 0 Å². The number of hydrogen-bond acceptors (Lipinski definition) is 3. The van der Waals surface area contributed by atoms with Gasteiger partial charge in [-0.2, -0.15) is 0 Å². The first-order chi connectivity index (χ1) is 13.8. The highest BCUT2D eigenvalue weighted by atomic mass is 19.1. The van der Waals surface area contributed by atoms with Crippen LogP contribution < -0.4 is 10.2 Å². The van der Waals surface area contributed by atoms with Gasteiger partial charge in [-0.1, -0.05) is 24.3 Å². The topological polar surface area (TPSA) is 52.7 Å². The van der Waals surface area contributed by atoms with Gasteiger partial charge in [0.05, 0.1) is 17.4 Å². The molecule has 1 saturated carbocycles. The van der Waals surface area contributed by atoms with Crippen molar-refractivity contribution in [3.8, 4) is 0 Å². The first-order valence-corrected chi connectivity index (χ1v) is 10.0. The summed E-state index contributed by atoms with van der Waals surface area (Å²) in [6, 6.07) is 13.7. The average Bonchev–Trinajstić information content (AvgIpc) is 3.52. The summed E-state index contributed by atoms with van der Waals surface area (Å²) in [4.78, 5) is 30.2. The molecule has 0 spiro atoms. The second-order valence-corrected chi connectivity index (χ2v) is 8.41. The van der Waals surface area contributed by atoms with E-state index in [0.29, 0.717) is 24.0 Å². The highest BCUT2D eigenvalue weighted by molar-refractivity contribution is 6.15. The Hall–Kier alpha value is -2.73. The Bertz CT molecular complexity index is 937. The van der Waals surface area contributed by atoms with Crippen molar-refractivity contribution in [2.75, 3.05) is 10.2 Å². The van der Waals surface area contributed by atoms with Crippen molar-refractivity contribution in [3.05, 3.63) is 59.9 Å². The maximum atomic E-state index is 13.7. The molecule has 0 unspecified atom stereocenters. The van der Waals surface area contributed by atoms with E-state index in [1.165, 1.54) is 12.1 Å². The molecule has 152 valence electrons. The van der Waals surface area contributed by atoms with Gasteiger partial charge in [0.15, 0.2) is 0 Å². The molecule has 1 atom stereocenters. The van der Waals surface area contributed by atoms with E-state index in [0.717, 1.165) is 18.4 Å². The van der Waals surface area contributed by atoms with Crippen molar-refractivity contribution in [1.29, 1.82) is 0 Å². The minimum absolute atomic E-state index is 0.105. The van der Waals surface area contributed by atoms with Gasteiger partial charge >= 0.3 is 0 Å². The van der Waals surface area contributed by atoms with Crippen LogP contribution in [0.1, 0.15) is 39.2 Å². The standard InChI is InChI=1S/C23H26FN3O2/c1-15(26(18-12-13-18)14-16-8-10-17(24)11-9-16)21(28)27-20-7-5-4-6-19(20)25-22(29)23(27,2)3/h4-11,15,18H,12-14H2,1-3H3,(H,25,29)/t15-/m0/s1. The molecule has 0 radical (unpaired) electrons. The normalized spacial score (nSPS) is 18.9. The van der Waals surface area contributed by atoms with Crippen molar-refractivity contribution in [2.24, 2.45) is 0 Å². The third-order valence-corrected chi connectivity index (χ3v) is 5.88. The fraction of sp³-hybridized carbons (Fsp3) is 0.391. The van der Waals surface area contributed by atoms with Gasteiger partial charge in [-0.3, -0.25) is 19.4 Å². The number of carbonyl (C=O) groups excluding carboxylic acids is 2. The Labute approximate surface area is 170 Å². The van der Waals surface area contributed by atoms with Crippen LogP contribution in [0.25, 0.3) is 0 Å². The highest BCUT2D eigenvalue weighted by Gasteiger charge is 2.46. The van der Waals surface area contributed by atoms with Crippen LogP contribution in [0, 0.1) is 5.82 Å². The van der Waals surface area contributed by atoms with E-state index in [9.17, 15) is 14.0 Å². The lowest BCUT2D eigenvalue weighted by atomic mass is 9.95. The SMILES string of the molecule is C[C@@H](C(=O)N1c2ccccc2NC(=O)C1(C)C)N(Cc1ccc(F)cc1)C1CC1. The first-order valence-electron chi connectivity index (χ1n) is 10.0. The maximum Gasteiger partial charge on any atom is 0.250 e. The zero-order valence-corrected chi connectivity index (χ0v) is 17.0. The van der Waals surface area contributed by atoms with Gasteiger partial charge in [0.1, 0.15) is 11.4 Å². The van der Waals surface area contributed by atoms with Gasteiger partial charge in [0, 0.05) is 12.6 Å². The summed E-state index contributed by atoms with van der Waals surface area (Å²) in [5.41, 5.74) is 1.33. The van der Waals surface area contributed by atoms with Crippen LogP contribution in [0.4, 0.5) is 15.8 Å². The van der Waals surface area contributed by atoms with Gasteiger partial charge in [-0.15, -0.1) is 0 Å². The molecule has 0 aromatic heterocycles. The van der Waals surface area contributed by atoms with E-state index in [1.807, 2.05) is 31.2 Å². The molecule has 1 fully saturated rings. The van der Waals surface area contributed by atoms with Crippen molar-refractivity contribution in [3.63, 3.8) is 0 Å². The second kappa shape index (κ2) is 7.26. The van der Waals surface area contributed by atoms with E-state index < -0.39 is 11.6 Å². The summed E-state index contributed by atoms with van der Waals surface area (Å²) in [5.74, 6) is -0.576. The van der Waals surface area contributed by atoms with Crippen LogP contribution in [0.5, 0.6) is 0 Å². The van der Waals surface area contributed by atoms with Crippen LogP contribution in [-0.4, -0.2) is 34.3 Å². The lowest BCUT2D eigenvalue weighted by molar-refractivity contribution is -0.129. The molecule has 2 amide bonds. The van der Waals surface area contributed by atoms with Crippen LogP contribution in [-0.2, 0) is 16.1 Å². The van der Waals surface area contributed by atoms with Crippen LogP contribution in [0.3, 0.4) is 0 Å². The number of nitrogens with one attached hydrogen (secondary N) is 1. The summed E-state index contributed by atoms with van der Waals surface area (Å²) in [5, 5.41) is 2.90. The molecule has 1 aliphatic carbocycles. The third kappa shape index (κ3) is 3.65. The van der Waals surface area contributed by atoms with Gasteiger partial charge in [0.25, 0.3) is 0 Å². The number of nitrogens with zero attached hydrogens (tertiary/aromatic N) is 2. The van der Waals surface area contributed by atoms with Gasteiger partial charge < -0.3 is 5.32 Å². The fourth-order valence-electron chi connectivity index (χ4n) is 3.96.